The summed E-state index contributed by atoms with van der Waals surface area (Å²) >= 11 is 1.80. The second-order valence-corrected chi connectivity index (χ2v) is 11.8. The van der Waals surface area contributed by atoms with Crippen LogP contribution in [0.15, 0.2) is 127 Å². The van der Waals surface area contributed by atoms with E-state index < -0.39 is 0 Å². The highest BCUT2D eigenvalue weighted by atomic mass is 32.1. The van der Waals surface area contributed by atoms with Crippen LogP contribution in [-0.4, -0.2) is 6.04 Å². The number of nitriles is 2. The molecule has 1 aliphatic carbocycles. The summed E-state index contributed by atoms with van der Waals surface area (Å²) in [6, 6.07) is 40.6. The molecule has 5 aromatic carbocycles. The second kappa shape index (κ2) is 9.60. The number of benzene rings is 5. The summed E-state index contributed by atoms with van der Waals surface area (Å²) in [5.41, 5.74) is 9.06. The Hall–Kier alpha value is -5.42. The number of fused-ring (bicyclic) bond motifs is 6. The fraction of sp³-hybridized carbons (Fsp3) is 0.0526. The third kappa shape index (κ3) is 3.78. The van der Waals surface area contributed by atoms with E-state index in [1.54, 1.807) is 11.3 Å². The number of thiophene rings is 1. The predicted molar refractivity (Wildman–Crippen MR) is 173 cm³/mol. The van der Waals surface area contributed by atoms with Crippen LogP contribution in [0.4, 0.5) is 11.4 Å². The second-order valence-electron chi connectivity index (χ2n) is 10.8. The van der Waals surface area contributed by atoms with Crippen LogP contribution in [0, 0.1) is 22.7 Å². The number of allylic oxidation sites excluding steroid dienone is 2. The maximum Gasteiger partial charge on any atom is 0.0992 e. The Morgan fingerprint density at radius 2 is 1.50 bits per heavy atom. The van der Waals surface area contributed by atoms with Gasteiger partial charge in [0, 0.05) is 37.5 Å². The normalized spacial score (nSPS) is 16.8. The maximum absolute atomic E-state index is 10.1. The van der Waals surface area contributed by atoms with Gasteiger partial charge in [-0.25, -0.2) is 0 Å². The smallest absolute Gasteiger partial charge is 0.0992 e. The molecule has 2 atom stereocenters. The van der Waals surface area contributed by atoms with Crippen molar-refractivity contribution in [1.82, 2.24) is 0 Å². The van der Waals surface area contributed by atoms with Gasteiger partial charge in [-0.05, 0) is 76.3 Å². The summed E-state index contributed by atoms with van der Waals surface area (Å²) in [6.07, 6.45) is 8.59. The van der Waals surface area contributed by atoms with Gasteiger partial charge in [-0.1, -0.05) is 78.9 Å². The summed E-state index contributed by atoms with van der Waals surface area (Å²) in [5.74, 6) is 0.150. The number of hydrogen-bond donors (Lipinski definition) is 0. The van der Waals surface area contributed by atoms with E-state index in [1.165, 1.54) is 31.3 Å². The van der Waals surface area contributed by atoms with Gasteiger partial charge >= 0.3 is 0 Å². The Labute approximate surface area is 248 Å². The molecular weight excluding hydrogens is 531 g/mol. The molecule has 2 heterocycles. The van der Waals surface area contributed by atoms with Crippen LogP contribution in [0.3, 0.4) is 0 Å². The number of hydrogen-bond acceptors (Lipinski definition) is 4. The molecule has 0 N–H and O–H groups in total. The first-order chi connectivity index (χ1) is 20.7. The summed E-state index contributed by atoms with van der Waals surface area (Å²) in [5, 5.41) is 22.1. The van der Waals surface area contributed by atoms with Crippen LogP contribution in [0.5, 0.6) is 0 Å². The lowest BCUT2D eigenvalue weighted by Gasteiger charge is -2.29. The molecule has 2 aliphatic rings. The summed E-state index contributed by atoms with van der Waals surface area (Å²) in [6.45, 7) is 0. The quantitative estimate of drug-likeness (QED) is 0.219. The molecule has 42 heavy (non-hydrogen) atoms. The number of anilines is 2. The molecular formula is C38H23N3S. The minimum absolute atomic E-state index is 0.0808. The zero-order valence-corrected chi connectivity index (χ0v) is 23.3. The largest absolute Gasteiger partial charge is 0.333 e. The molecule has 6 aromatic rings. The Morgan fingerprint density at radius 3 is 2.36 bits per heavy atom. The molecule has 4 heteroatoms. The Morgan fingerprint density at radius 1 is 0.643 bits per heavy atom. The molecule has 1 aromatic heterocycles. The molecule has 3 nitrogen and oxygen atoms in total. The van der Waals surface area contributed by atoms with Crippen LogP contribution in [0.25, 0.3) is 42.4 Å². The molecule has 0 radical (unpaired) electrons. The third-order valence-corrected chi connectivity index (χ3v) is 9.64. The van der Waals surface area contributed by atoms with Crippen molar-refractivity contribution in [1.29, 1.82) is 10.5 Å². The van der Waals surface area contributed by atoms with Crippen LogP contribution >= 0.6 is 11.3 Å². The summed E-state index contributed by atoms with van der Waals surface area (Å²) in [7, 11) is 0. The minimum Gasteiger partial charge on any atom is -0.333 e. The van der Waals surface area contributed by atoms with Gasteiger partial charge in [0.25, 0.3) is 0 Å². The predicted octanol–water partition coefficient (Wildman–Crippen LogP) is 9.86. The van der Waals surface area contributed by atoms with E-state index >= 15 is 0 Å². The minimum atomic E-state index is 0.0808. The van der Waals surface area contributed by atoms with Gasteiger partial charge in [-0.15, -0.1) is 11.3 Å². The molecule has 0 saturated heterocycles. The highest BCUT2D eigenvalue weighted by Gasteiger charge is 2.37. The SMILES string of the molecule is N#Cc1cc(-c2cccc3c2sc2ccc(-c4ccccc4)cc23)cc(N2c3ccc(C#N)cc3C3C=CC=CC32)c1. The van der Waals surface area contributed by atoms with E-state index in [0.29, 0.717) is 11.1 Å². The summed E-state index contributed by atoms with van der Waals surface area (Å²) < 4.78 is 2.47. The fourth-order valence-electron chi connectivity index (χ4n) is 6.52. The van der Waals surface area contributed by atoms with Crippen molar-refractivity contribution in [2.75, 3.05) is 4.90 Å². The van der Waals surface area contributed by atoms with Crippen molar-refractivity contribution in [2.24, 2.45) is 0 Å². The zero-order chi connectivity index (χ0) is 28.2. The average Bonchev–Trinajstić information content (AvgIpc) is 3.60. The van der Waals surface area contributed by atoms with Gasteiger partial charge in [0.05, 0.1) is 29.3 Å². The molecule has 0 amide bonds. The van der Waals surface area contributed by atoms with Crippen molar-refractivity contribution >= 4 is 42.9 Å². The highest BCUT2D eigenvalue weighted by molar-refractivity contribution is 7.26. The van der Waals surface area contributed by atoms with Crippen molar-refractivity contribution in [3.05, 3.63) is 144 Å². The zero-order valence-electron chi connectivity index (χ0n) is 22.5. The van der Waals surface area contributed by atoms with Crippen LogP contribution in [-0.2, 0) is 0 Å². The van der Waals surface area contributed by atoms with Crippen molar-refractivity contribution in [2.45, 2.75) is 12.0 Å². The average molecular weight is 554 g/mol. The van der Waals surface area contributed by atoms with Gasteiger partial charge in [0.15, 0.2) is 0 Å². The maximum atomic E-state index is 10.1. The van der Waals surface area contributed by atoms with Crippen molar-refractivity contribution in [3.8, 4) is 34.4 Å². The van der Waals surface area contributed by atoms with E-state index in [-0.39, 0.29) is 12.0 Å². The molecule has 8 rings (SSSR count). The first-order valence-electron chi connectivity index (χ1n) is 14.0. The Bertz CT molecular complexity index is 2190. The topological polar surface area (TPSA) is 50.8 Å². The lowest BCUT2D eigenvalue weighted by atomic mass is 9.90. The van der Waals surface area contributed by atoms with Gasteiger partial charge < -0.3 is 4.90 Å². The summed E-state index contributed by atoms with van der Waals surface area (Å²) in [4.78, 5) is 2.32. The van der Waals surface area contributed by atoms with Gasteiger partial charge in [0.2, 0.25) is 0 Å². The molecule has 2 unspecified atom stereocenters. The van der Waals surface area contributed by atoms with E-state index in [2.05, 4.69) is 108 Å². The number of rotatable bonds is 3. The Balaban J connectivity index is 1.30. The molecule has 0 bridgehead atoms. The first-order valence-corrected chi connectivity index (χ1v) is 14.8. The molecule has 0 spiro atoms. The van der Waals surface area contributed by atoms with Gasteiger partial charge in [-0.2, -0.15) is 10.5 Å². The third-order valence-electron chi connectivity index (χ3n) is 8.42. The fourth-order valence-corrected chi connectivity index (χ4v) is 7.74. The van der Waals surface area contributed by atoms with Gasteiger partial charge in [-0.3, -0.25) is 0 Å². The monoisotopic (exact) mass is 553 g/mol. The Kier molecular flexibility index (Phi) is 5.57. The van der Waals surface area contributed by atoms with Crippen molar-refractivity contribution < 1.29 is 0 Å². The van der Waals surface area contributed by atoms with Crippen LogP contribution < -0.4 is 4.90 Å². The van der Waals surface area contributed by atoms with Crippen LogP contribution in [0.2, 0.25) is 0 Å². The highest BCUT2D eigenvalue weighted by Crippen LogP contribution is 2.49. The molecule has 1 aliphatic heterocycles. The lowest BCUT2D eigenvalue weighted by molar-refractivity contribution is 0.744. The van der Waals surface area contributed by atoms with E-state index in [0.717, 1.165) is 28.1 Å². The van der Waals surface area contributed by atoms with Crippen molar-refractivity contribution in [3.63, 3.8) is 0 Å². The number of nitrogens with zero attached hydrogens (tertiary/aromatic N) is 3. The standard InChI is InChI=1S/C38H23N3S/c39-22-24-13-15-36-33(19-24)31-9-4-5-12-35(31)41(36)29-18-25(23-40)17-28(20-29)30-10-6-11-32-34-21-27(26-7-2-1-3-8-26)14-16-37(34)42-38(30)32/h1-21,31,35H. The van der Waals surface area contributed by atoms with E-state index in [9.17, 15) is 10.5 Å². The van der Waals surface area contributed by atoms with Crippen LogP contribution in [0.1, 0.15) is 22.6 Å². The van der Waals surface area contributed by atoms with E-state index in [4.69, 9.17) is 0 Å². The first kappa shape index (κ1) is 24.4. The molecule has 0 saturated carbocycles. The van der Waals surface area contributed by atoms with Gasteiger partial charge in [0.1, 0.15) is 0 Å². The molecule has 196 valence electrons. The molecule has 0 fully saturated rings. The lowest BCUT2D eigenvalue weighted by Crippen LogP contribution is -2.28. The van der Waals surface area contributed by atoms with E-state index in [1.807, 2.05) is 36.4 Å².